The van der Waals surface area contributed by atoms with Gasteiger partial charge in [0.25, 0.3) is 0 Å². The topological polar surface area (TPSA) is 138 Å². The second-order valence-electron chi connectivity index (χ2n) is 1.50. The average molecular weight is 173 g/mol. The van der Waals surface area contributed by atoms with Crippen molar-refractivity contribution in [2.45, 2.75) is 12.5 Å². The van der Waals surface area contributed by atoms with Gasteiger partial charge in [-0.05, 0) is 0 Å². The third kappa shape index (κ3) is 9.63. The summed E-state index contributed by atoms with van der Waals surface area (Å²) in [6, 6.07) is -1.46. The van der Waals surface area contributed by atoms with Crippen LogP contribution in [0, 0.1) is 0 Å². The molecule has 7 heteroatoms. The van der Waals surface area contributed by atoms with Crippen LogP contribution in [0.3, 0.4) is 0 Å². The van der Waals surface area contributed by atoms with Crippen LogP contribution in [0.25, 0.3) is 0 Å². The molecule has 0 radical (unpaired) electrons. The van der Waals surface area contributed by atoms with Gasteiger partial charge in [0.1, 0.15) is 0 Å². The van der Waals surface area contributed by atoms with E-state index in [1.807, 2.05) is 0 Å². The van der Waals surface area contributed by atoms with Gasteiger partial charge < -0.3 is 31.0 Å². The molecule has 0 heterocycles. The zero-order valence-electron chi connectivity index (χ0n) is 5.70. The number of carboxylic acids is 2. The van der Waals surface area contributed by atoms with Crippen molar-refractivity contribution in [3.8, 4) is 0 Å². The summed E-state index contributed by atoms with van der Waals surface area (Å²) in [5, 5.41) is 19.3. The molecule has 0 saturated carbocycles. The minimum Gasteiger partial charge on any atom is -0.550 e. The van der Waals surface area contributed by atoms with Crippen LogP contribution in [0.2, 0.25) is 0 Å². The molecule has 1 atom stereocenters. The van der Waals surface area contributed by atoms with Crippen molar-refractivity contribution >= 4 is 35.0 Å². The van der Waals surface area contributed by atoms with Gasteiger partial charge in [0.05, 0.1) is 5.97 Å². The first-order valence-electron chi connectivity index (χ1n) is 2.20. The third-order valence-corrected chi connectivity index (χ3v) is 0.689. The summed E-state index contributed by atoms with van der Waals surface area (Å²) in [5.41, 5.74) is 4.73. The number of carbonyl (C=O) groups excluding carboxylic acids is 2. The molecule has 0 saturated heterocycles. The molecule has 0 spiro atoms. The SMILES string of the molecule is N[C@@H](CC(=O)[O-])C(=O)[O-].O.[Mg+2]. The zero-order valence-corrected chi connectivity index (χ0v) is 7.12. The smallest absolute Gasteiger partial charge is 0.550 e. The van der Waals surface area contributed by atoms with Crippen molar-refractivity contribution in [2.24, 2.45) is 5.73 Å². The first-order chi connectivity index (χ1) is 4.04. The fourth-order valence-corrected chi connectivity index (χ4v) is 0.263. The number of aliphatic carboxylic acids is 2. The molecule has 0 aliphatic rings. The molecule has 0 aliphatic heterocycles. The van der Waals surface area contributed by atoms with E-state index in [2.05, 4.69) is 0 Å². The molecule has 6 nitrogen and oxygen atoms in total. The molecule has 0 aromatic carbocycles. The van der Waals surface area contributed by atoms with Gasteiger partial charge in [-0.2, -0.15) is 0 Å². The molecule has 0 amide bonds. The Morgan fingerprint density at radius 2 is 1.73 bits per heavy atom. The second-order valence-corrected chi connectivity index (χ2v) is 1.50. The van der Waals surface area contributed by atoms with Gasteiger partial charge in [-0.1, -0.05) is 0 Å². The molecular weight excluding hydrogens is 166 g/mol. The van der Waals surface area contributed by atoms with Crippen molar-refractivity contribution in [3.05, 3.63) is 0 Å². The third-order valence-electron chi connectivity index (χ3n) is 0.689. The summed E-state index contributed by atoms with van der Waals surface area (Å²) in [7, 11) is 0. The van der Waals surface area contributed by atoms with Crippen LogP contribution in [-0.2, 0) is 9.59 Å². The van der Waals surface area contributed by atoms with E-state index in [9.17, 15) is 19.8 Å². The summed E-state index contributed by atoms with van der Waals surface area (Å²) < 4.78 is 0. The van der Waals surface area contributed by atoms with Gasteiger partial charge in [-0.3, -0.25) is 0 Å². The van der Waals surface area contributed by atoms with E-state index in [1.54, 1.807) is 0 Å². The minimum atomic E-state index is -1.58. The van der Waals surface area contributed by atoms with Gasteiger partial charge in [0.15, 0.2) is 0 Å². The van der Waals surface area contributed by atoms with Crippen molar-refractivity contribution in [1.82, 2.24) is 0 Å². The van der Waals surface area contributed by atoms with E-state index in [0.717, 1.165) is 0 Å². The Labute approximate surface area is 78.8 Å². The van der Waals surface area contributed by atoms with Crippen LogP contribution in [0.5, 0.6) is 0 Å². The van der Waals surface area contributed by atoms with E-state index in [-0.39, 0.29) is 28.5 Å². The maximum Gasteiger partial charge on any atom is 2.00 e. The van der Waals surface area contributed by atoms with Crippen LogP contribution in [0.1, 0.15) is 6.42 Å². The Morgan fingerprint density at radius 1 is 1.36 bits per heavy atom. The molecule has 4 N–H and O–H groups in total. The normalized spacial score (nSPS) is 10.3. The Balaban J connectivity index is -0.000000320. The molecule has 0 aromatic rings. The van der Waals surface area contributed by atoms with Crippen molar-refractivity contribution < 1.29 is 25.3 Å². The summed E-state index contributed by atoms with van der Waals surface area (Å²) in [6.45, 7) is 0. The number of carboxylic acid groups (broad SMARTS) is 2. The Morgan fingerprint density at radius 3 is 1.82 bits per heavy atom. The molecule has 0 aliphatic carbocycles. The van der Waals surface area contributed by atoms with Gasteiger partial charge in [0, 0.05) is 18.4 Å². The first kappa shape index (κ1) is 16.9. The molecule has 60 valence electrons. The average Bonchev–Trinajstić information content (AvgIpc) is 1.63. The van der Waals surface area contributed by atoms with E-state index >= 15 is 0 Å². The number of rotatable bonds is 3. The summed E-state index contributed by atoms with van der Waals surface area (Å²) in [4.78, 5) is 19.3. The van der Waals surface area contributed by atoms with E-state index in [4.69, 9.17) is 5.73 Å². The summed E-state index contributed by atoms with van der Waals surface area (Å²) >= 11 is 0. The number of nitrogens with two attached hydrogens (primary N) is 1. The second kappa shape index (κ2) is 7.73. The molecular formula is C4H7MgNO5. The first-order valence-corrected chi connectivity index (χ1v) is 2.20. The number of hydrogen-bond acceptors (Lipinski definition) is 5. The fourth-order valence-electron chi connectivity index (χ4n) is 0.263. The van der Waals surface area contributed by atoms with Crippen LogP contribution in [-0.4, -0.2) is 46.5 Å². The summed E-state index contributed by atoms with van der Waals surface area (Å²) in [6.07, 6.45) is -0.706. The van der Waals surface area contributed by atoms with E-state index < -0.39 is 24.4 Å². The molecule has 0 aromatic heterocycles. The van der Waals surface area contributed by atoms with Crippen LogP contribution < -0.4 is 15.9 Å². The fraction of sp³-hybridized carbons (Fsp3) is 0.500. The predicted molar refractivity (Wildman–Crippen MR) is 32.0 cm³/mol. The van der Waals surface area contributed by atoms with Gasteiger partial charge in [0.2, 0.25) is 0 Å². The Hall–Kier alpha value is -0.374. The van der Waals surface area contributed by atoms with E-state index in [1.165, 1.54) is 0 Å². The maximum atomic E-state index is 9.71. The van der Waals surface area contributed by atoms with Gasteiger partial charge >= 0.3 is 23.1 Å². The maximum absolute atomic E-state index is 9.71. The zero-order chi connectivity index (χ0) is 7.44. The Bertz CT molecular complexity index is 138. The summed E-state index contributed by atoms with van der Waals surface area (Å²) in [5.74, 6) is -3.08. The molecule has 0 bridgehead atoms. The minimum absolute atomic E-state index is 0. The van der Waals surface area contributed by atoms with Gasteiger partial charge in [-0.15, -0.1) is 0 Å². The van der Waals surface area contributed by atoms with Crippen molar-refractivity contribution in [2.75, 3.05) is 0 Å². The van der Waals surface area contributed by atoms with Crippen molar-refractivity contribution in [3.63, 3.8) is 0 Å². The van der Waals surface area contributed by atoms with Crippen LogP contribution in [0.15, 0.2) is 0 Å². The standard InChI is InChI=1S/C4H7NO4.Mg.H2O/c5-2(4(8)9)1-3(6)7;;/h2H,1,5H2,(H,6,7)(H,8,9);;1H2/q;+2;/p-2/t2-;;/m0../s1. The van der Waals surface area contributed by atoms with Crippen molar-refractivity contribution in [1.29, 1.82) is 0 Å². The number of hydrogen-bond donors (Lipinski definition) is 1. The Kier molecular flexibility index (Phi) is 11.9. The molecule has 0 rings (SSSR count). The van der Waals surface area contributed by atoms with Crippen LogP contribution in [0.4, 0.5) is 0 Å². The largest absolute Gasteiger partial charge is 2.00 e. The van der Waals surface area contributed by atoms with Gasteiger partial charge in [-0.25, -0.2) is 0 Å². The molecule has 0 unspecified atom stereocenters. The molecule has 0 fully saturated rings. The molecule has 11 heavy (non-hydrogen) atoms. The monoisotopic (exact) mass is 173 g/mol. The predicted octanol–water partition coefficient (Wildman–Crippen LogP) is -5.00. The quantitative estimate of drug-likeness (QED) is 0.426. The van der Waals surface area contributed by atoms with E-state index in [0.29, 0.717) is 0 Å². The van der Waals surface area contributed by atoms with Crippen LogP contribution >= 0.6 is 0 Å². The number of carbonyl (C=O) groups is 2.